The molecule has 0 spiro atoms. The van der Waals surface area contributed by atoms with Crippen molar-refractivity contribution in [1.82, 2.24) is 25.1 Å². The summed E-state index contributed by atoms with van der Waals surface area (Å²) in [6.07, 6.45) is 4.72. The maximum Gasteiger partial charge on any atom is 0.176 e. The zero-order chi connectivity index (χ0) is 16.3. The van der Waals surface area contributed by atoms with Crippen LogP contribution in [0.2, 0.25) is 0 Å². The van der Waals surface area contributed by atoms with Crippen molar-refractivity contribution in [3.8, 4) is 5.69 Å². The fourth-order valence-corrected chi connectivity index (χ4v) is 3.97. The SMILES string of the molecule is CCN(CC)C1(c2nnnn2-c2ccccc2)CCC(C)CC1. The molecule has 1 saturated carbocycles. The highest BCUT2D eigenvalue weighted by Crippen LogP contribution is 2.43. The van der Waals surface area contributed by atoms with E-state index >= 15 is 0 Å². The molecule has 1 fully saturated rings. The van der Waals surface area contributed by atoms with Crippen molar-refractivity contribution in [2.45, 2.75) is 52.0 Å². The van der Waals surface area contributed by atoms with Crippen molar-refractivity contribution in [3.63, 3.8) is 0 Å². The number of benzene rings is 1. The number of aromatic nitrogens is 4. The molecule has 0 saturated heterocycles. The maximum atomic E-state index is 4.49. The van der Waals surface area contributed by atoms with E-state index in [-0.39, 0.29) is 5.54 Å². The molecule has 0 aliphatic heterocycles. The van der Waals surface area contributed by atoms with Crippen LogP contribution in [0.15, 0.2) is 30.3 Å². The Balaban J connectivity index is 2.07. The first kappa shape index (κ1) is 16.1. The monoisotopic (exact) mass is 313 g/mol. The quantitative estimate of drug-likeness (QED) is 0.848. The van der Waals surface area contributed by atoms with Crippen LogP contribution in [0.25, 0.3) is 5.69 Å². The van der Waals surface area contributed by atoms with Gasteiger partial charge in [0.2, 0.25) is 0 Å². The van der Waals surface area contributed by atoms with Gasteiger partial charge >= 0.3 is 0 Å². The van der Waals surface area contributed by atoms with Gasteiger partial charge in [-0.2, -0.15) is 4.68 Å². The summed E-state index contributed by atoms with van der Waals surface area (Å²) in [4.78, 5) is 2.55. The van der Waals surface area contributed by atoms with Gasteiger partial charge in [0.1, 0.15) is 0 Å². The topological polar surface area (TPSA) is 46.8 Å². The van der Waals surface area contributed by atoms with Gasteiger partial charge in [0.05, 0.1) is 11.2 Å². The van der Waals surface area contributed by atoms with E-state index in [0.717, 1.165) is 43.4 Å². The molecule has 5 nitrogen and oxygen atoms in total. The summed E-state index contributed by atoms with van der Waals surface area (Å²) in [5, 5.41) is 12.8. The Morgan fingerprint density at radius 3 is 2.39 bits per heavy atom. The van der Waals surface area contributed by atoms with Crippen molar-refractivity contribution >= 4 is 0 Å². The zero-order valence-electron chi connectivity index (χ0n) is 14.4. The second-order valence-corrected chi connectivity index (χ2v) is 6.64. The van der Waals surface area contributed by atoms with Crippen LogP contribution in [0.3, 0.4) is 0 Å². The van der Waals surface area contributed by atoms with Gasteiger partial charge in [-0.05, 0) is 67.3 Å². The minimum Gasteiger partial charge on any atom is -0.291 e. The highest BCUT2D eigenvalue weighted by Gasteiger charge is 2.44. The van der Waals surface area contributed by atoms with Crippen LogP contribution in [0.4, 0.5) is 0 Å². The van der Waals surface area contributed by atoms with Crippen LogP contribution in [-0.2, 0) is 5.54 Å². The molecular weight excluding hydrogens is 286 g/mol. The lowest BCUT2D eigenvalue weighted by molar-refractivity contribution is 0.0336. The standard InChI is InChI=1S/C18H27N5/c1-4-22(5-2)18(13-11-15(3)12-14-18)17-19-20-21-23(17)16-9-7-6-8-10-16/h6-10,15H,4-5,11-14H2,1-3H3. The van der Waals surface area contributed by atoms with Crippen molar-refractivity contribution in [2.75, 3.05) is 13.1 Å². The van der Waals surface area contributed by atoms with E-state index in [1.165, 1.54) is 12.8 Å². The van der Waals surface area contributed by atoms with Gasteiger partial charge in [0, 0.05) is 0 Å². The van der Waals surface area contributed by atoms with Crippen molar-refractivity contribution < 1.29 is 0 Å². The molecule has 1 aromatic heterocycles. The van der Waals surface area contributed by atoms with Crippen LogP contribution in [0.1, 0.15) is 52.3 Å². The first-order valence-corrected chi connectivity index (χ1v) is 8.80. The number of hydrogen-bond donors (Lipinski definition) is 0. The number of tetrazole rings is 1. The summed E-state index contributed by atoms with van der Waals surface area (Å²) in [6, 6.07) is 10.2. The molecule has 0 N–H and O–H groups in total. The molecular formula is C18H27N5. The fraction of sp³-hybridized carbons (Fsp3) is 0.611. The molecule has 5 heteroatoms. The average Bonchev–Trinajstić information content (AvgIpc) is 3.09. The van der Waals surface area contributed by atoms with Crippen LogP contribution < -0.4 is 0 Å². The molecule has 0 atom stereocenters. The zero-order valence-corrected chi connectivity index (χ0v) is 14.4. The van der Waals surface area contributed by atoms with E-state index in [0.29, 0.717) is 0 Å². The van der Waals surface area contributed by atoms with Crippen molar-refractivity contribution in [3.05, 3.63) is 36.2 Å². The third-order valence-electron chi connectivity index (χ3n) is 5.36. The smallest absolute Gasteiger partial charge is 0.176 e. The molecule has 1 aromatic carbocycles. The van der Waals surface area contributed by atoms with Gasteiger partial charge in [-0.15, -0.1) is 5.10 Å². The Labute approximate surface area is 138 Å². The summed E-state index contributed by atoms with van der Waals surface area (Å²) in [6.45, 7) is 8.87. The molecule has 23 heavy (non-hydrogen) atoms. The molecule has 1 heterocycles. The van der Waals surface area contributed by atoms with Gasteiger partial charge in [-0.3, -0.25) is 4.90 Å². The van der Waals surface area contributed by atoms with E-state index in [1.807, 2.05) is 22.9 Å². The molecule has 1 aliphatic rings. The lowest BCUT2D eigenvalue weighted by Gasteiger charge is -2.46. The van der Waals surface area contributed by atoms with E-state index in [4.69, 9.17) is 0 Å². The normalized spacial score (nSPS) is 25.0. The average molecular weight is 313 g/mol. The minimum atomic E-state index is -0.0463. The number of rotatable bonds is 5. The molecule has 0 bridgehead atoms. The third kappa shape index (κ3) is 2.90. The highest BCUT2D eigenvalue weighted by atomic mass is 15.6. The van der Waals surface area contributed by atoms with Crippen LogP contribution in [-0.4, -0.2) is 38.2 Å². The van der Waals surface area contributed by atoms with E-state index < -0.39 is 0 Å². The van der Waals surface area contributed by atoms with Gasteiger partial charge in [0.25, 0.3) is 0 Å². The molecule has 124 valence electrons. The van der Waals surface area contributed by atoms with Crippen molar-refractivity contribution in [1.29, 1.82) is 0 Å². The summed E-state index contributed by atoms with van der Waals surface area (Å²) < 4.78 is 1.94. The summed E-state index contributed by atoms with van der Waals surface area (Å²) in [5.74, 6) is 1.79. The largest absolute Gasteiger partial charge is 0.291 e. The van der Waals surface area contributed by atoms with Gasteiger partial charge in [0.15, 0.2) is 5.82 Å². The maximum absolute atomic E-state index is 4.49. The second kappa shape index (κ2) is 6.79. The Hall–Kier alpha value is -1.75. The predicted molar refractivity (Wildman–Crippen MR) is 91.4 cm³/mol. The van der Waals surface area contributed by atoms with E-state index in [9.17, 15) is 0 Å². The van der Waals surface area contributed by atoms with Crippen LogP contribution in [0, 0.1) is 5.92 Å². The molecule has 0 unspecified atom stereocenters. The molecule has 3 rings (SSSR count). The second-order valence-electron chi connectivity index (χ2n) is 6.64. The minimum absolute atomic E-state index is 0.0463. The predicted octanol–water partition coefficient (Wildman–Crippen LogP) is 3.41. The van der Waals surface area contributed by atoms with Gasteiger partial charge < -0.3 is 0 Å². The van der Waals surface area contributed by atoms with Crippen LogP contribution >= 0.6 is 0 Å². The molecule has 1 aliphatic carbocycles. The number of para-hydroxylation sites is 1. The first-order chi connectivity index (χ1) is 11.2. The Morgan fingerprint density at radius 1 is 1.13 bits per heavy atom. The number of nitrogens with zero attached hydrogens (tertiary/aromatic N) is 5. The van der Waals surface area contributed by atoms with Crippen LogP contribution in [0.5, 0.6) is 0 Å². The Morgan fingerprint density at radius 2 is 1.78 bits per heavy atom. The highest BCUT2D eigenvalue weighted by molar-refractivity contribution is 5.32. The Bertz CT molecular complexity index is 609. The molecule has 0 radical (unpaired) electrons. The Kier molecular flexibility index (Phi) is 4.76. The van der Waals surface area contributed by atoms with Crippen molar-refractivity contribution in [2.24, 2.45) is 5.92 Å². The van der Waals surface area contributed by atoms with Gasteiger partial charge in [-0.25, -0.2) is 0 Å². The lowest BCUT2D eigenvalue weighted by atomic mass is 9.75. The first-order valence-electron chi connectivity index (χ1n) is 8.80. The number of hydrogen-bond acceptors (Lipinski definition) is 4. The third-order valence-corrected chi connectivity index (χ3v) is 5.36. The lowest BCUT2D eigenvalue weighted by Crippen LogP contribution is -2.50. The summed E-state index contributed by atoms with van der Waals surface area (Å²) >= 11 is 0. The summed E-state index contributed by atoms with van der Waals surface area (Å²) in [7, 11) is 0. The van der Waals surface area contributed by atoms with E-state index in [2.05, 4.69) is 53.3 Å². The summed E-state index contributed by atoms with van der Waals surface area (Å²) in [5.41, 5.74) is 0.993. The molecule has 2 aromatic rings. The van der Waals surface area contributed by atoms with Gasteiger partial charge in [-0.1, -0.05) is 39.0 Å². The molecule has 0 amide bonds. The van der Waals surface area contributed by atoms with E-state index in [1.54, 1.807) is 0 Å². The fourth-order valence-electron chi connectivity index (χ4n) is 3.97.